The van der Waals surface area contributed by atoms with Crippen molar-refractivity contribution < 1.29 is 9.53 Å². The number of carbonyl (C=O) groups is 1. The highest BCUT2D eigenvalue weighted by atomic mass is 35.5. The Bertz CT molecular complexity index is 606. The van der Waals surface area contributed by atoms with Crippen LogP contribution in [0.1, 0.15) is 61.4 Å². The Hall–Kier alpha value is -0.730. The van der Waals surface area contributed by atoms with Crippen LogP contribution < -0.4 is 4.74 Å². The molecule has 2 aliphatic carbocycles. The van der Waals surface area contributed by atoms with Gasteiger partial charge in [-0.05, 0) is 43.2 Å². The third kappa shape index (κ3) is 2.27. The molecule has 0 aliphatic heterocycles. The number of Topliss-reactive ketones (excluding diaryl/α,β-unsaturated/α-hetero) is 1. The van der Waals surface area contributed by atoms with Crippen LogP contribution in [0.2, 0.25) is 10.0 Å². The second-order valence-electron chi connectivity index (χ2n) is 6.63. The van der Waals surface area contributed by atoms with E-state index in [1.165, 1.54) is 12.8 Å². The van der Waals surface area contributed by atoms with E-state index in [9.17, 15) is 4.79 Å². The molecule has 3 rings (SSSR count). The third-order valence-electron chi connectivity index (χ3n) is 5.49. The largest absolute Gasteiger partial charge is 0.495 e. The molecule has 1 atom stereocenters. The molecule has 22 heavy (non-hydrogen) atoms. The highest BCUT2D eigenvalue weighted by Gasteiger charge is 2.51. The number of carbonyl (C=O) groups excluding carboxylic acids is 1. The molecule has 0 heterocycles. The highest BCUT2D eigenvalue weighted by molar-refractivity contribution is 6.45. The molecule has 0 saturated heterocycles. The van der Waals surface area contributed by atoms with Gasteiger partial charge in [0.2, 0.25) is 0 Å². The highest BCUT2D eigenvalue weighted by Crippen LogP contribution is 2.54. The summed E-state index contributed by atoms with van der Waals surface area (Å²) < 4.78 is 5.31. The van der Waals surface area contributed by atoms with E-state index in [2.05, 4.69) is 6.92 Å². The molecule has 0 bridgehead atoms. The zero-order valence-corrected chi connectivity index (χ0v) is 14.7. The van der Waals surface area contributed by atoms with Crippen molar-refractivity contribution in [3.63, 3.8) is 0 Å². The fraction of sp³-hybridized carbons (Fsp3) is 0.611. The van der Waals surface area contributed by atoms with Crippen LogP contribution >= 0.6 is 23.2 Å². The minimum atomic E-state index is -0.271. The van der Waals surface area contributed by atoms with Gasteiger partial charge in [0, 0.05) is 11.0 Å². The summed E-state index contributed by atoms with van der Waals surface area (Å²) in [5.74, 6) is 1.26. The summed E-state index contributed by atoms with van der Waals surface area (Å²) >= 11 is 12.7. The first-order chi connectivity index (χ1) is 10.5. The maximum Gasteiger partial charge on any atom is 0.171 e. The summed E-state index contributed by atoms with van der Waals surface area (Å²) in [5, 5.41) is 0.729. The number of fused-ring (bicyclic) bond motifs is 1. The number of rotatable bonds is 4. The monoisotopic (exact) mass is 340 g/mol. The van der Waals surface area contributed by atoms with Crippen LogP contribution in [0.15, 0.2) is 6.07 Å². The molecule has 1 unspecified atom stereocenters. The van der Waals surface area contributed by atoms with Gasteiger partial charge in [0.25, 0.3) is 0 Å². The third-order valence-corrected chi connectivity index (χ3v) is 6.34. The van der Waals surface area contributed by atoms with Gasteiger partial charge in [0.05, 0.1) is 12.1 Å². The molecule has 1 aromatic carbocycles. The van der Waals surface area contributed by atoms with Crippen LogP contribution in [-0.2, 0) is 6.42 Å². The van der Waals surface area contributed by atoms with Crippen LogP contribution in [0.4, 0.5) is 0 Å². The number of hydrogen-bond acceptors (Lipinski definition) is 2. The predicted octanol–water partition coefficient (Wildman–Crippen LogP) is 5.72. The van der Waals surface area contributed by atoms with E-state index in [1.807, 2.05) is 6.07 Å². The molecule has 1 saturated carbocycles. The summed E-state index contributed by atoms with van der Waals surface area (Å²) in [6, 6.07) is 1.91. The van der Waals surface area contributed by atoms with Crippen molar-refractivity contribution in [2.45, 2.75) is 51.9 Å². The smallest absolute Gasteiger partial charge is 0.171 e. The molecule has 0 spiro atoms. The molecule has 2 nitrogen and oxygen atoms in total. The Morgan fingerprint density at radius 2 is 1.95 bits per heavy atom. The maximum absolute atomic E-state index is 13.3. The number of hydrogen-bond donors (Lipinski definition) is 0. The van der Waals surface area contributed by atoms with Crippen LogP contribution in [-0.4, -0.2) is 12.9 Å². The minimum Gasteiger partial charge on any atom is -0.495 e. The van der Waals surface area contributed by atoms with E-state index in [4.69, 9.17) is 27.9 Å². The SMILES string of the molecule is CCCC1(C2CCCC2)Cc2cc(OC)c(Cl)c(Cl)c2C1=O. The predicted molar refractivity (Wildman–Crippen MR) is 90.3 cm³/mol. The molecule has 4 heteroatoms. The zero-order valence-electron chi connectivity index (χ0n) is 13.2. The van der Waals surface area contributed by atoms with Crippen LogP contribution in [0.5, 0.6) is 5.75 Å². The van der Waals surface area contributed by atoms with Crippen LogP contribution in [0, 0.1) is 11.3 Å². The number of halogens is 2. The van der Waals surface area contributed by atoms with Crippen molar-refractivity contribution in [2.24, 2.45) is 11.3 Å². The molecule has 0 aromatic heterocycles. The lowest BCUT2D eigenvalue weighted by Crippen LogP contribution is -2.35. The quantitative estimate of drug-likeness (QED) is 0.700. The summed E-state index contributed by atoms with van der Waals surface area (Å²) in [6.07, 6.45) is 7.51. The summed E-state index contributed by atoms with van der Waals surface area (Å²) in [5.41, 5.74) is 1.39. The lowest BCUT2D eigenvalue weighted by Gasteiger charge is -2.33. The Kier molecular flexibility index (Phi) is 4.44. The van der Waals surface area contributed by atoms with E-state index in [-0.39, 0.29) is 11.2 Å². The van der Waals surface area contributed by atoms with Gasteiger partial charge in [-0.3, -0.25) is 4.79 Å². The first-order valence-corrected chi connectivity index (χ1v) is 8.90. The van der Waals surface area contributed by atoms with E-state index >= 15 is 0 Å². The van der Waals surface area contributed by atoms with Gasteiger partial charge in [-0.25, -0.2) is 0 Å². The lowest BCUT2D eigenvalue weighted by atomic mass is 9.68. The Balaban J connectivity index is 2.10. The van der Waals surface area contributed by atoms with Gasteiger partial charge in [-0.15, -0.1) is 0 Å². The van der Waals surface area contributed by atoms with Gasteiger partial charge < -0.3 is 4.74 Å². The standard InChI is InChI=1S/C18H22Cl2O2/c1-3-8-18(12-6-4-5-7-12)10-11-9-13(22-2)15(19)16(20)14(11)17(18)21/h9,12H,3-8,10H2,1-2H3. The average molecular weight is 341 g/mol. The van der Waals surface area contributed by atoms with Crippen molar-refractivity contribution >= 4 is 29.0 Å². The molecule has 0 N–H and O–H groups in total. The summed E-state index contributed by atoms with van der Waals surface area (Å²) in [4.78, 5) is 13.3. The Morgan fingerprint density at radius 3 is 2.55 bits per heavy atom. The van der Waals surface area contributed by atoms with Crippen molar-refractivity contribution in [2.75, 3.05) is 7.11 Å². The van der Waals surface area contributed by atoms with E-state index in [1.54, 1.807) is 7.11 Å². The van der Waals surface area contributed by atoms with E-state index < -0.39 is 0 Å². The van der Waals surface area contributed by atoms with Gasteiger partial charge in [-0.1, -0.05) is 49.4 Å². The van der Waals surface area contributed by atoms with Crippen LogP contribution in [0.25, 0.3) is 0 Å². The second-order valence-corrected chi connectivity index (χ2v) is 7.39. The molecule has 2 aliphatic rings. The molecule has 120 valence electrons. The molecule has 0 amide bonds. The lowest BCUT2D eigenvalue weighted by molar-refractivity contribution is 0.0676. The first kappa shape index (κ1) is 16.1. The van der Waals surface area contributed by atoms with E-state index in [0.29, 0.717) is 27.3 Å². The second kappa shape index (κ2) is 6.05. The van der Waals surface area contributed by atoms with Crippen molar-refractivity contribution in [3.8, 4) is 5.75 Å². The first-order valence-electron chi connectivity index (χ1n) is 8.14. The van der Waals surface area contributed by atoms with Gasteiger partial charge in [0.15, 0.2) is 5.78 Å². The number of methoxy groups -OCH3 is 1. The molecule has 1 aromatic rings. The number of benzene rings is 1. The van der Waals surface area contributed by atoms with Crippen molar-refractivity contribution in [3.05, 3.63) is 27.2 Å². The average Bonchev–Trinajstić information content (AvgIpc) is 3.12. The summed E-state index contributed by atoms with van der Waals surface area (Å²) in [6.45, 7) is 2.15. The fourth-order valence-electron chi connectivity index (χ4n) is 4.52. The van der Waals surface area contributed by atoms with E-state index in [0.717, 1.165) is 37.7 Å². The Labute approximate surface area is 142 Å². The van der Waals surface area contributed by atoms with Gasteiger partial charge in [0.1, 0.15) is 10.8 Å². The zero-order chi connectivity index (χ0) is 15.9. The van der Waals surface area contributed by atoms with Crippen molar-refractivity contribution in [1.82, 2.24) is 0 Å². The molecule has 0 radical (unpaired) electrons. The molecular weight excluding hydrogens is 319 g/mol. The Morgan fingerprint density at radius 1 is 1.27 bits per heavy atom. The maximum atomic E-state index is 13.3. The van der Waals surface area contributed by atoms with Crippen molar-refractivity contribution in [1.29, 1.82) is 0 Å². The summed E-state index contributed by atoms with van der Waals surface area (Å²) in [7, 11) is 1.58. The minimum absolute atomic E-state index is 0.214. The number of ether oxygens (including phenoxy) is 1. The number of ketones is 1. The molecular formula is C18H22Cl2O2. The molecule has 1 fully saturated rings. The van der Waals surface area contributed by atoms with Gasteiger partial charge >= 0.3 is 0 Å². The fourth-order valence-corrected chi connectivity index (χ4v) is 5.04. The van der Waals surface area contributed by atoms with Crippen LogP contribution in [0.3, 0.4) is 0 Å². The topological polar surface area (TPSA) is 26.3 Å². The van der Waals surface area contributed by atoms with Gasteiger partial charge in [-0.2, -0.15) is 0 Å². The normalized spacial score (nSPS) is 24.8.